The Bertz CT molecular complexity index is 400. The normalized spacial score (nSPS) is 16.9. The van der Waals surface area contributed by atoms with Crippen molar-refractivity contribution >= 4 is 16.5 Å². The second-order valence-corrected chi connectivity index (χ2v) is 7.43. The van der Waals surface area contributed by atoms with Gasteiger partial charge in [-0.3, -0.25) is 0 Å². The summed E-state index contributed by atoms with van der Waals surface area (Å²) in [5.74, 6) is 0. The van der Waals surface area contributed by atoms with Gasteiger partial charge in [-0.2, -0.15) is 0 Å². The minimum absolute atomic E-state index is 0.167. The quantitative estimate of drug-likeness (QED) is 0.914. The molecule has 1 aromatic heterocycles. The van der Waals surface area contributed by atoms with Crippen molar-refractivity contribution in [2.24, 2.45) is 0 Å². The van der Waals surface area contributed by atoms with Crippen molar-refractivity contribution in [1.82, 2.24) is 10.3 Å². The summed E-state index contributed by atoms with van der Waals surface area (Å²) in [6.45, 7) is 12.2. The van der Waals surface area contributed by atoms with Gasteiger partial charge in [0.25, 0.3) is 0 Å². The molecule has 1 N–H and O–H groups in total. The molecule has 1 aliphatic heterocycles. The van der Waals surface area contributed by atoms with Crippen LogP contribution in [0.5, 0.6) is 0 Å². The van der Waals surface area contributed by atoms with Crippen LogP contribution < -0.4 is 10.2 Å². The predicted molar refractivity (Wildman–Crippen MR) is 84.1 cm³/mol. The first kappa shape index (κ1) is 14.8. The van der Waals surface area contributed by atoms with Crippen LogP contribution in [-0.4, -0.2) is 23.6 Å². The molecule has 0 aromatic carbocycles. The Labute approximate surface area is 121 Å². The van der Waals surface area contributed by atoms with Gasteiger partial charge in [0, 0.05) is 30.1 Å². The van der Waals surface area contributed by atoms with Gasteiger partial charge in [0.2, 0.25) is 0 Å². The number of hydrogen-bond acceptors (Lipinski definition) is 4. The lowest BCUT2D eigenvalue weighted by atomic mass is 10.1. The third kappa shape index (κ3) is 4.18. The standard InChI is InChI=1S/C15H27N3S/c1-5-12-13(11-16-15(2,3)4)19-14(17-12)18-9-7-6-8-10-18/h16H,5-11H2,1-4H3. The van der Waals surface area contributed by atoms with E-state index < -0.39 is 0 Å². The first-order valence-electron chi connectivity index (χ1n) is 7.48. The van der Waals surface area contributed by atoms with E-state index in [1.54, 1.807) is 0 Å². The Morgan fingerprint density at radius 3 is 2.47 bits per heavy atom. The molecule has 1 fully saturated rings. The van der Waals surface area contributed by atoms with Crippen LogP contribution in [-0.2, 0) is 13.0 Å². The summed E-state index contributed by atoms with van der Waals surface area (Å²) in [6.07, 6.45) is 5.04. The highest BCUT2D eigenvalue weighted by Crippen LogP contribution is 2.29. The second kappa shape index (κ2) is 6.23. The highest BCUT2D eigenvalue weighted by Gasteiger charge is 2.18. The summed E-state index contributed by atoms with van der Waals surface area (Å²) in [4.78, 5) is 8.74. The number of nitrogens with one attached hydrogen (secondary N) is 1. The Kier molecular flexibility index (Phi) is 4.85. The molecular weight excluding hydrogens is 254 g/mol. The van der Waals surface area contributed by atoms with E-state index in [9.17, 15) is 0 Å². The van der Waals surface area contributed by atoms with Gasteiger partial charge in [-0.05, 0) is 46.5 Å². The van der Waals surface area contributed by atoms with Crippen molar-refractivity contribution < 1.29 is 0 Å². The molecule has 2 heterocycles. The molecule has 0 amide bonds. The van der Waals surface area contributed by atoms with Gasteiger partial charge < -0.3 is 10.2 Å². The van der Waals surface area contributed by atoms with Crippen LogP contribution in [0.3, 0.4) is 0 Å². The maximum Gasteiger partial charge on any atom is 0.185 e. The van der Waals surface area contributed by atoms with E-state index in [0.717, 1.165) is 13.0 Å². The van der Waals surface area contributed by atoms with Crippen LogP contribution in [0.2, 0.25) is 0 Å². The molecule has 108 valence electrons. The van der Waals surface area contributed by atoms with Gasteiger partial charge in [0.15, 0.2) is 5.13 Å². The minimum Gasteiger partial charge on any atom is -0.348 e. The predicted octanol–water partition coefficient (Wildman–Crippen LogP) is 3.58. The van der Waals surface area contributed by atoms with E-state index in [1.807, 2.05) is 11.3 Å². The molecule has 0 bridgehead atoms. The molecule has 0 unspecified atom stereocenters. The fraction of sp³-hybridized carbons (Fsp3) is 0.800. The van der Waals surface area contributed by atoms with Gasteiger partial charge in [0.05, 0.1) is 5.69 Å². The molecule has 1 aliphatic rings. The summed E-state index contributed by atoms with van der Waals surface area (Å²) in [5, 5.41) is 4.82. The Balaban J connectivity index is 2.07. The van der Waals surface area contributed by atoms with E-state index in [2.05, 4.69) is 37.9 Å². The van der Waals surface area contributed by atoms with Crippen LogP contribution in [0.15, 0.2) is 0 Å². The highest BCUT2D eigenvalue weighted by molar-refractivity contribution is 7.15. The molecule has 0 spiro atoms. The third-order valence-corrected chi connectivity index (χ3v) is 4.67. The molecule has 0 atom stereocenters. The van der Waals surface area contributed by atoms with Gasteiger partial charge >= 0.3 is 0 Å². The monoisotopic (exact) mass is 281 g/mol. The van der Waals surface area contributed by atoms with Crippen LogP contribution >= 0.6 is 11.3 Å². The van der Waals surface area contributed by atoms with Gasteiger partial charge in [0.1, 0.15) is 0 Å². The Hall–Kier alpha value is -0.610. The number of aromatic nitrogens is 1. The van der Waals surface area contributed by atoms with Crippen molar-refractivity contribution in [3.05, 3.63) is 10.6 Å². The zero-order valence-corrected chi connectivity index (χ0v) is 13.6. The smallest absolute Gasteiger partial charge is 0.185 e. The van der Waals surface area contributed by atoms with Gasteiger partial charge in [-0.1, -0.05) is 6.92 Å². The first-order chi connectivity index (χ1) is 8.99. The second-order valence-electron chi connectivity index (χ2n) is 6.37. The Morgan fingerprint density at radius 2 is 1.89 bits per heavy atom. The number of thiazole rings is 1. The third-order valence-electron chi connectivity index (χ3n) is 3.51. The van der Waals surface area contributed by atoms with Crippen molar-refractivity contribution in [3.63, 3.8) is 0 Å². The molecule has 0 aliphatic carbocycles. The van der Waals surface area contributed by atoms with Crippen molar-refractivity contribution in [1.29, 1.82) is 0 Å². The number of rotatable bonds is 4. The molecule has 2 rings (SSSR count). The zero-order chi connectivity index (χ0) is 13.9. The lowest BCUT2D eigenvalue weighted by molar-refractivity contribution is 0.425. The maximum absolute atomic E-state index is 4.86. The summed E-state index contributed by atoms with van der Waals surface area (Å²) in [6, 6.07) is 0. The summed E-state index contributed by atoms with van der Waals surface area (Å²) < 4.78 is 0. The molecule has 0 radical (unpaired) electrons. The number of aryl methyl sites for hydroxylation is 1. The fourth-order valence-electron chi connectivity index (χ4n) is 2.35. The molecule has 0 saturated carbocycles. The zero-order valence-electron chi connectivity index (χ0n) is 12.8. The van der Waals surface area contributed by atoms with E-state index in [1.165, 1.54) is 48.1 Å². The van der Waals surface area contributed by atoms with Crippen LogP contribution in [0.25, 0.3) is 0 Å². The average molecular weight is 281 g/mol. The van der Waals surface area contributed by atoms with Crippen LogP contribution in [0.1, 0.15) is 57.5 Å². The highest BCUT2D eigenvalue weighted by atomic mass is 32.1. The SMILES string of the molecule is CCc1nc(N2CCCCC2)sc1CNC(C)(C)C. The van der Waals surface area contributed by atoms with Gasteiger partial charge in [-0.15, -0.1) is 11.3 Å². The fourth-order valence-corrected chi connectivity index (χ4v) is 3.49. The lowest BCUT2D eigenvalue weighted by Crippen LogP contribution is -2.35. The van der Waals surface area contributed by atoms with Crippen LogP contribution in [0, 0.1) is 0 Å². The lowest BCUT2D eigenvalue weighted by Gasteiger charge is -2.25. The van der Waals surface area contributed by atoms with E-state index in [4.69, 9.17) is 4.98 Å². The molecule has 3 nitrogen and oxygen atoms in total. The van der Waals surface area contributed by atoms with Crippen LogP contribution in [0.4, 0.5) is 5.13 Å². The number of piperidine rings is 1. The minimum atomic E-state index is 0.167. The summed E-state index contributed by atoms with van der Waals surface area (Å²) in [7, 11) is 0. The van der Waals surface area contributed by atoms with E-state index in [-0.39, 0.29) is 5.54 Å². The molecule has 1 saturated heterocycles. The average Bonchev–Trinajstić information content (AvgIpc) is 2.80. The topological polar surface area (TPSA) is 28.2 Å². The summed E-state index contributed by atoms with van der Waals surface area (Å²) >= 11 is 1.88. The van der Waals surface area contributed by atoms with E-state index in [0.29, 0.717) is 0 Å². The van der Waals surface area contributed by atoms with Crippen molar-refractivity contribution in [2.75, 3.05) is 18.0 Å². The number of nitrogens with zero attached hydrogens (tertiary/aromatic N) is 2. The number of anilines is 1. The largest absolute Gasteiger partial charge is 0.348 e. The molecule has 1 aromatic rings. The van der Waals surface area contributed by atoms with Crippen molar-refractivity contribution in [2.45, 2.75) is 65.5 Å². The molecular formula is C15H27N3S. The number of hydrogen-bond donors (Lipinski definition) is 1. The summed E-state index contributed by atoms with van der Waals surface area (Å²) in [5.41, 5.74) is 1.45. The molecule has 4 heteroatoms. The molecule has 19 heavy (non-hydrogen) atoms. The Morgan fingerprint density at radius 1 is 1.21 bits per heavy atom. The maximum atomic E-state index is 4.86. The van der Waals surface area contributed by atoms with Crippen molar-refractivity contribution in [3.8, 4) is 0 Å². The van der Waals surface area contributed by atoms with Gasteiger partial charge in [-0.25, -0.2) is 4.98 Å². The first-order valence-corrected chi connectivity index (χ1v) is 8.30. The van der Waals surface area contributed by atoms with E-state index >= 15 is 0 Å².